The first-order chi connectivity index (χ1) is 5.81. The van der Waals surface area contributed by atoms with Gasteiger partial charge < -0.3 is 5.32 Å². The van der Waals surface area contributed by atoms with Crippen LogP contribution in [0.1, 0.15) is 26.2 Å². The van der Waals surface area contributed by atoms with E-state index in [-0.39, 0.29) is 6.03 Å². The lowest BCUT2D eigenvalue weighted by Crippen LogP contribution is -2.30. The van der Waals surface area contributed by atoms with Crippen LogP contribution in [-0.2, 0) is 0 Å². The summed E-state index contributed by atoms with van der Waals surface area (Å²) in [5, 5.41) is 6.39. The Hall–Kier alpha value is -0.990. The van der Waals surface area contributed by atoms with Crippen molar-refractivity contribution in [2.24, 2.45) is 0 Å². The number of nitrogens with one attached hydrogen (secondary N) is 1. The molecule has 0 heterocycles. The molecule has 0 bridgehead atoms. The molecule has 0 aliphatic carbocycles. The zero-order chi connectivity index (χ0) is 9.23. The van der Waals surface area contributed by atoms with E-state index >= 15 is 0 Å². The van der Waals surface area contributed by atoms with E-state index in [0.717, 1.165) is 19.3 Å². The number of unbranched alkanes of at least 4 members (excludes halogenated alkanes) is 2. The summed E-state index contributed by atoms with van der Waals surface area (Å²) in [5.74, 6) is 0. The lowest BCUT2D eigenvalue weighted by molar-refractivity contribution is 0.241. The van der Waals surface area contributed by atoms with Crippen molar-refractivity contribution in [2.45, 2.75) is 26.2 Å². The lowest BCUT2D eigenvalue weighted by Gasteiger charge is -2.01. The van der Waals surface area contributed by atoms with Gasteiger partial charge in [0, 0.05) is 13.1 Å². The maximum absolute atomic E-state index is 10.8. The normalized spacial score (nSPS) is 9.08. The van der Waals surface area contributed by atoms with E-state index in [2.05, 4.69) is 24.1 Å². The Kier molecular flexibility index (Phi) is 7.44. The smallest absolute Gasteiger partial charge is 0.333 e. The first kappa shape index (κ1) is 11.0. The van der Waals surface area contributed by atoms with E-state index in [0.29, 0.717) is 13.1 Å². The van der Waals surface area contributed by atoms with Gasteiger partial charge in [-0.1, -0.05) is 25.8 Å². The summed E-state index contributed by atoms with van der Waals surface area (Å²) < 4.78 is 0. The Labute approximate surface area is 74.2 Å². The summed E-state index contributed by atoms with van der Waals surface area (Å²) in [6.07, 6.45) is 4.93. The minimum Gasteiger partial charge on any atom is -0.333 e. The van der Waals surface area contributed by atoms with Crippen LogP contribution >= 0.6 is 0 Å². The van der Waals surface area contributed by atoms with Crippen LogP contribution in [0.3, 0.4) is 0 Å². The van der Waals surface area contributed by atoms with Crippen LogP contribution in [0.4, 0.5) is 4.79 Å². The fourth-order valence-corrected chi connectivity index (χ4v) is 0.758. The molecular formula is C9H17N2O. The second kappa shape index (κ2) is 8.11. The number of hydrogen-bond acceptors (Lipinski definition) is 1. The molecule has 0 aliphatic rings. The minimum atomic E-state index is -0.231. The Bertz CT molecular complexity index is 134. The molecule has 1 N–H and O–H groups in total. The Morgan fingerprint density at radius 3 is 2.92 bits per heavy atom. The molecule has 0 saturated heterocycles. The molecule has 0 saturated carbocycles. The molecule has 0 spiro atoms. The first-order valence-electron chi connectivity index (χ1n) is 4.37. The van der Waals surface area contributed by atoms with Gasteiger partial charge in [-0.2, -0.15) is 0 Å². The molecule has 0 aromatic carbocycles. The highest BCUT2D eigenvalue weighted by Crippen LogP contribution is 1.91. The molecule has 3 nitrogen and oxygen atoms in total. The predicted octanol–water partition coefficient (Wildman–Crippen LogP) is 1.68. The zero-order valence-corrected chi connectivity index (χ0v) is 7.68. The van der Waals surface area contributed by atoms with E-state index in [9.17, 15) is 4.79 Å². The van der Waals surface area contributed by atoms with Gasteiger partial charge in [-0.15, -0.1) is 6.58 Å². The third-order valence-corrected chi connectivity index (χ3v) is 1.41. The molecule has 0 aromatic heterocycles. The number of rotatable bonds is 6. The van der Waals surface area contributed by atoms with Crippen molar-refractivity contribution in [2.75, 3.05) is 13.1 Å². The highest BCUT2D eigenvalue weighted by atomic mass is 16.2. The van der Waals surface area contributed by atoms with Crippen LogP contribution in [0.15, 0.2) is 12.7 Å². The van der Waals surface area contributed by atoms with Gasteiger partial charge in [-0.05, 0) is 6.42 Å². The number of amides is 2. The molecule has 0 unspecified atom stereocenters. The topological polar surface area (TPSA) is 43.2 Å². The number of carbonyl (C=O) groups excluding carboxylic acids is 1. The number of hydrogen-bond donors (Lipinski definition) is 1. The van der Waals surface area contributed by atoms with Crippen LogP contribution < -0.4 is 10.6 Å². The molecule has 0 fully saturated rings. The van der Waals surface area contributed by atoms with Gasteiger partial charge in [0.2, 0.25) is 0 Å². The minimum absolute atomic E-state index is 0.231. The summed E-state index contributed by atoms with van der Waals surface area (Å²) in [6.45, 7) is 6.74. The van der Waals surface area contributed by atoms with Crippen molar-refractivity contribution < 1.29 is 4.79 Å². The molecule has 69 valence electrons. The van der Waals surface area contributed by atoms with Crippen molar-refractivity contribution in [1.82, 2.24) is 10.6 Å². The average molecular weight is 169 g/mol. The van der Waals surface area contributed by atoms with Crippen molar-refractivity contribution >= 4 is 6.03 Å². The predicted molar refractivity (Wildman–Crippen MR) is 50.1 cm³/mol. The average Bonchev–Trinajstić information content (AvgIpc) is 2.09. The largest absolute Gasteiger partial charge is 0.336 e. The van der Waals surface area contributed by atoms with Gasteiger partial charge in [-0.25, -0.2) is 10.1 Å². The maximum atomic E-state index is 10.8. The van der Waals surface area contributed by atoms with E-state index in [1.165, 1.54) is 0 Å². The number of urea groups is 1. The van der Waals surface area contributed by atoms with Crippen molar-refractivity contribution in [1.29, 1.82) is 0 Å². The van der Waals surface area contributed by atoms with Crippen LogP contribution in [0.2, 0.25) is 0 Å². The molecule has 0 rings (SSSR count). The Morgan fingerprint density at radius 1 is 1.58 bits per heavy atom. The number of nitrogens with zero attached hydrogens (tertiary/aromatic N) is 1. The van der Waals surface area contributed by atoms with Crippen molar-refractivity contribution in [3.63, 3.8) is 0 Å². The molecule has 2 amide bonds. The van der Waals surface area contributed by atoms with E-state index in [4.69, 9.17) is 0 Å². The monoisotopic (exact) mass is 169 g/mol. The maximum Gasteiger partial charge on any atom is 0.336 e. The quantitative estimate of drug-likeness (QED) is 0.477. The van der Waals surface area contributed by atoms with Crippen LogP contribution in [0, 0.1) is 0 Å². The van der Waals surface area contributed by atoms with Crippen LogP contribution in [0.25, 0.3) is 0 Å². The third-order valence-electron chi connectivity index (χ3n) is 1.41. The summed E-state index contributed by atoms with van der Waals surface area (Å²) >= 11 is 0. The Morgan fingerprint density at radius 2 is 2.33 bits per heavy atom. The molecule has 1 radical (unpaired) electrons. The van der Waals surface area contributed by atoms with Crippen molar-refractivity contribution in [3.8, 4) is 0 Å². The fraction of sp³-hybridized carbons (Fsp3) is 0.667. The van der Waals surface area contributed by atoms with Gasteiger partial charge in [-0.3, -0.25) is 0 Å². The van der Waals surface area contributed by atoms with Crippen LogP contribution in [0.5, 0.6) is 0 Å². The van der Waals surface area contributed by atoms with Gasteiger partial charge >= 0.3 is 6.03 Å². The van der Waals surface area contributed by atoms with Gasteiger partial charge in [0.25, 0.3) is 0 Å². The summed E-state index contributed by atoms with van der Waals surface area (Å²) in [6, 6.07) is -0.231. The molecule has 0 aliphatic heterocycles. The van der Waals surface area contributed by atoms with E-state index in [1.807, 2.05) is 0 Å². The molecule has 0 atom stereocenters. The van der Waals surface area contributed by atoms with Crippen molar-refractivity contribution in [3.05, 3.63) is 12.7 Å². The Balaban J connectivity index is 3.13. The molecule has 0 aromatic rings. The summed E-state index contributed by atoms with van der Waals surface area (Å²) in [4.78, 5) is 10.8. The highest BCUT2D eigenvalue weighted by molar-refractivity contribution is 5.73. The van der Waals surface area contributed by atoms with E-state index < -0.39 is 0 Å². The molecule has 12 heavy (non-hydrogen) atoms. The first-order valence-corrected chi connectivity index (χ1v) is 4.37. The van der Waals surface area contributed by atoms with Gasteiger partial charge in [0.15, 0.2) is 0 Å². The standard InChI is InChI=1S/C9H17N2O/c1-3-5-6-8-11-9(12)10-7-4-2/h4H,2-3,5-8H2,1H3,(H,10,12). The summed E-state index contributed by atoms with van der Waals surface area (Å²) in [7, 11) is 0. The van der Waals surface area contributed by atoms with Crippen LogP contribution in [-0.4, -0.2) is 19.1 Å². The number of carbonyl (C=O) groups is 1. The van der Waals surface area contributed by atoms with Gasteiger partial charge in [0.05, 0.1) is 0 Å². The van der Waals surface area contributed by atoms with E-state index in [1.54, 1.807) is 6.08 Å². The fourth-order valence-electron chi connectivity index (χ4n) is 0.758. The molecule has 3 heteroatoms. The zero-order valence-electron chi connectivity index (χ0n) is 7.68. The molecular weight excluding hydrogens is 152 g/mol. The highest BCUT2D eigenvalue weighted by Gasteiger charge is 1.97. The SMILES string of the molecule is C=CCNC(=O)[N]CCCCC. The second-order valence-corrected chi connectivity index (χ2v) is 2.56. The second-order valence-electron chi connectivity index (χ2n) is 2.56. The third kappa shape index (κ3) is 7.12. The lowest BCUT2D eigenvalue weighted by atomic mass is 10.2. The van der Waals surface area contributed by atoms with Gasteiger partial charge in [0.1, 0.15) is 0 Å². The summed E-state index contributed by atoms with van der Waals surface area (Å²) in [5.41, 5.74) is 0.